The highest BCUT2D eigenvalue weighted by Gasteiger charge is 2.28. The molecule has 2 atom stereocenters. The molecule has 1 heterocycles. The molecule has 0 aliphatic carbocycles. The highest BCUT2D eigenvalue weighted by Crippen LogP contribution is 2.24. The van der Waals surface area contributed by atoms with Crippen molar-refractivity contribution in [3.63, 3.8) is 0 Å². The zero-order valence-corrected chi connectivity index (χ0v) is 13.4. The van der Waals surface area contributed by atoms with Gasteiger partial charge in [-0.15, -0.1) is 0 Å². The molecule has 0 radical (unpaired) electrons. The summed E-state index contributed by atoms with van der Waals surface area (Å²) in [6.07, 6.45) is 1.99. The first-order valence-corrected chi connectivity index (χ1v) is 9.01. The highest BCUT2D eigenvalue weighted by molar-refractivity contribution is 7.89. The minimum atomic E-state index is -3.50. The normalized spacial score (nSPS) is 22.4. The van der Waals surface area contributed by atoms with E-state index in [9.17, 15) is 8.42 Å². The van der Waals surface area contributed by atoms with E-state index in [1.54, 1.807) is 18.2 Å². The third kappa shape index (κ3) is 3.96. The van der Waals surface area contributed by atoms with E-state index >= 15 is 0 Å². The second-order valence-electron chi connectivity index (χ2n) is 5.24. The van der Waals surface area contributed by atoms with Crippen molar-refractivity contribution in [2.75, 3.05) is 25.0 Å². The monoisotopic (exact) mass is 312 g/mol. The fourth-order valence-electron chi connectivity index (χ4n) is 2.71. The maximum Gasteiger partial charge on any atom is 0.242 e. The lowest BCUT2D eigenvalue weighted by atomic mass is 10.0. The van der Waals surface area contributed by atoms with Crippen LogP contribution in [0.1, 0.15) is 26.7 Å². The lowest BCUT2D eigenvalue weighted by molar-refractivity contribution is 0.0884. The summed E-state index contributed by atoms with van der Waals surface area (Å²) in [5.41, 5.74) is 0.641. The summed E-state index contributed by atoms with van der Waals surface area (Å²) in [6.45, 7) is 5.84. The van der Waals surface area contributed by atoms with Crippen LogP contribution in [-0.2, 0) is 14.8 Å². The quantitative estimate of drug-likeness (QED) is 0.810. The molecule has 1 aromatic rings. The molecular formula is C15H24N2O3S. The summed E-state index contributed by atoms with van der Waals surface area (Å²) >= 11 is 0. The molecule has 0 saturated carbocycles. The zero-order valence-electron chi connectivity index (χ0n) is 12.6. The molecule has 0 bridgehead atoms. The Balaban J connectivity index is 2.08. The van der Waals surface area contributed by atoms with Crippen molar-refractivity contribution in [2.45, 2.75) is 37.7 Å². The average Bonchev–Trinajstić information content (AvgIpc) is 2.93. The minimum absolute atomic E-state index is 0.164. The smallest absolute Gasteiger partial charge is 0.242 e. The molecule has 0 spiro atoms. The molecule has 1 saturated heterocycles. The number of hydrogen-bond donors (Lipinski definition) is 2. The number of anilines is 1. The molecule has 1 aromatic carbocycles. The van der Waals surface area contributed by atoms with Gasteiger partial charge >= 0.3 is 0 Å². The van der Waals surface area contributed by atoms with E-state index < -0.39 is 10.0 Å². The van der Waals surface area contributed by atoms with Gasteiger partial charge in [0.05, 0.1) is 11.8 Å². The van der Waals surface area contributed by atoms with Crippen LogP contribution in [-0.4, -0.2) is 34.2 Å². The lowest BCUT2D eigenvalue weighted by Crippen LogP contribution is -2.33. The van der Waals surface area contributed by atoms with Crippen molar-refractivity contribution >= 4 is 15.7 Å². The molecule has 2 N–H and O–H groups in total. The molecule has 1 aliphatic rings. The molecular weight excluding hydrogens is 288 g/mol. The Kier molecular flexibility index (Phi) is 5.61. The van der Waals surface area contributed by atoms with Crippen molar-refractivity contribution in [1.29, 1.82) is 0 Å². The van der Waals surface area contributed by atoms with E-state index in [2.05, 4.69) is 17.0 Å². The Hall–Kier alpha value is -1.11. The van der Waals surface area contributed by atoms with Gasteiger partial charge in [-0.25, -0.2) is 13.1 Å². The van der Waals surface area contributed by atoms with Gasteiger partial charge in [-0.3, -0.25) is 0 Å². The summed E-state index contributed by atoms with van der Waals surface area (Å²) in [7, 11) is -3.50. The van der Waals surface area contributed by atoms with Gasteiger partial charge in [0.1, 0.15) is 4.90 Å². The van der Waals surface area contributed by atoms with Gasteiger partial charge in [-0.1, -0.05) is 19.1 Å². The van der Waals surface area contributed by atoms with Crippen LogP contribution < -0.4 is 10.0 Å². The fourth-order valence-corrected chi connectivity index (χ4v) is 3.99. The molecule has 5 nitrogen and oxygen atoms in total. The maximum atomic E-state index is 12.5. The predicted molar refractivity (Wildman–Crippen MR) is 83.9 cm³/mol. The van der Waals surface area contributed by atoms with Gasteiger partial charge in [0.25, 0.3) is 0 Å². The van der Waals surface area contributed by atoms with Crippen molar-refractivity contribution in [1.82, 2.24) is 4.72 Å². The Labute approximate surface area is 127 Å². The SMILES string of the molecule is CCNc1ccccc1S(=O)(=O)NCC1CCOC1CC. The van der Waals surface area contributed by atoms with E-state index in [0.717, 1.165) is 19.4 Å². The number of rotatable bonds is 7. The highest BCUT2D eigenvalue weighted by atomic mass is 32.2. The standard InChI is InChI=1S/C15H24N2O3S/c1-3-14-12(9-10-20-14)11-17-21(18,19)15-8-6-5-7-13(15)16-4-2/h5-8,12,14,16-17H,3-4,9-11H2,1-2H3. The van der Waals surface area contributed by atoms with Gasteiger partial charge in [0, 0.05) is 25.6 Å². The van der Waals surface area contributed by atoms with Gasteiger partial charge in [0.15, 0.2) is 0 Å². The van der Waals surface area contributed by atoms with Crippen molar-refractivity contribution in [3.8, 4) is 0 Å². The van der Waals surface area contributed by atoms with E-state index in [1.165, 1.54) is 0 Å². The second-order valence-corrected chi connectivity index (χ2v) is 6.98. The summed E-state index contributed by atoms with van der Waals surface area (Å²) in [4.78, 5) is 0.304. The summed E-state index contributed by atoms with van der Waals surface area (Å²) in [5, 5.41) is 3.09. The summed E-state index contributed by atoms with van der Waals surface area (Å²) < 4.78 is 33.3. The first kappa shape index (κ1) is 16.3. The summed E-state index contributed by atoms with van der Waals surface area (Å²) in [5.74, 6) is 0.260. The number of nitrogens with one attached hydrogen (secondary N) is 2. The Morgan fingerprint density at radius 3 is 2.76 bits per heavy atom. The topological polar surface area (TPSA) is 67.4 Å². The Bertz CT molecular complexity index is 560. The number of sulfonamides is 1. The molecule has 0 aromatic heterocycles. The molecule has 21 heavy (non-hydrogen) atoms. The number of hydrogen-bond acceptors (Lipinski definition) is 4. The molecule has 1 fully saturated rings. The van der Waals surface area contributed by atoms with Crippen LogP contribution in [0.15, 0.2) is 29.2 Å². The van der Waals surface area contributed by atoms with E-state index in [1.807, 2.05) is 13.0 Å². The van der Waals surface area contributed by atoms with Crippen LogP contribution in [0, 0.1) is 5.92 Å². The average molecular weight is 312 g/mol. The van der Waals surface area contributed by atoms with Crippen LogP contribution in [0.25, 0.3) is 0 Å². The van der Waals surface area contributed by atoms with Crippen LogP contribution in [0.4, 0.5) is 5.69 Å². The summed E-state index contributed by atoms with van der Waals surface area (Å²) in [6, 6.07) is 6.98. The number of para-hydroxylation sites is 1. The fraction of sp³-hybridized carbons (Fsp3) is 0.600. The predicted octanol–water partition coefficient (Wildman–Crippen LogP) is 2.21. The first-order valence-electron chi connectivity index (χ1n) is 7.52. The van der Waals surface area contributed by atoms with Crippen LogP contribution in [0.3, 0.4) is 0 Å². The van der Waals surface area contributed by atoms with Gasteiger partial charge < -0.3 is 10.1 Å². The zero-order chi connectivity index (χ0) is 15.3. The van der Waals surface area contributed by atoms with Crippen LogP contribution in [0.5, 0.6) is 0 Å². The Morgan fingerprint density at radius 1 is 1.29 bits per heavy atom. The molecule has 2 unspecified atom stereocenters. The largest absolute Gasteiger partial charge is 0.384 e. The third-order valence-electron chi connectivity index (χ3n) is 3.83. The van der Waals surface area contributed by atoms with Crippen molar-refractivity contribution in [3.05, 3.63) is 24.3 Å². The molecule has 0 amide bonds. The molecule has 2 rings (SSSR count). The van der Waals surface area contributed by atoms with Crippen LogP contribution >= 0.6 is 0 Å². The van der Waals surface area contributed by atoms with Crippen LogP contribution in [0.2, 0.25) is 0 Å². The van der Waals surface area contributed by atoms with E-state index in [0.29, 0.717) is 23.7 Å². The van der Waals surface area contributed by atoms with E-state index in [-0.39, 0.29) is 12.0 Å². The molecule has 6 heteroatoms. The molecule has 118 valence electrons. The first-order chi connectivity index (χ1) is 10.1. The van der Waals surface area contributed by atoms with Gasteiger partial charge in [-0.2, -0.15) is 0 Å². The Morgan fingerprint density at radius 2 is 2.05 bits per heavy atom. The number of ether oxygens (including phenoxy) is 1. The molecule has 1 aliphatic heterocycles. The van der Waals surface area contributed by atoms with E-state index in [4.69, 9.17) is 4.74 Å². The van der Waals surface area contributed by atoms with Gasteiger partial charge in [0.2, 0.25) is 10.0 Å². The number of benzene rings is 1. The minimum Gasteiger partial charge on any atom is -0.384 e. The lowest BCUT2D eigenvalue weighted by Gasteiger charge is -2.18. The van der Waals surface area contributed by atoms with Crippen molar-refractivity contribution in [2.24, 2.45) is 5.92 Å². The second kappa shape index (κ2) is 7.24. The third-order valence-corrected chi connectivity index (χ3v) is 5.31. The van der Waals surface area contributed by atoms with Gasteiger partial charge in [-0.05, 0) is 31.9 Å². The maximum absolute atomic E-state index is 12.5. The van der Waals surface area contributed by atoms with Crippen molar-refractivity contribution < 1.29 is 13.2 Å².